The van der Waals surface area contributed by atoms with E-state index < -0.39 is 11.7 Å². The smallest absolute Gasteiger partial charge is 0.254 e. The van der Waals surface area contributed by atoms with Crippen LogP contribution in [0.1, 0.15) is 29.8 Å². The zero-order chi connectivity index (χ0) is 27.4. The molecule has 0 spiro atoms. The number of rotatable bonds is 8. The first-order valence-corrected chi connectivity index (χ1v) is 12.1. The number of aromatic nitrogens is 2. The summed E-state index contributed by atoms with van der Waals surface area (Å²) in [6, 6.07) is 6.22. The summed E-state index contributed by atoms with van der Waals surface area (Å²) >= 11 is 6.25. The number of carbonyl (C=O) groups is 1. The molecule has 3 aromatic rings. The molecule has 9 nitrogen and oxygen atoms in total. The van der Waals surface area contributed by atoms with Crippen molar-refractivity contribution in [2.24, 2.45) is 0 Å². The first kappa shape index (κ1) is 26.9. The van der Waals surface area contributed by atoms with Crippen molar-refractivity contribution < 1.29 is 23.0 Å². The molecule has 0 fully saturated rings. The Labute approximate surface area is 223 Å². The van der Waals surface area contributed by atoms with E-state index in [0.717, 1.165) is 5.70 Å². The number of hydrogen-bond donors (Lipinski definition) is 3. The van der Waals surface area contributed by atoms with Crippen LogP contribution in [-0.4, -0.2) is 42.6 Å². The minimum Gasteiger partial charge on any atom is -0.495 e. The van der Waals surface area contributed by atoms with Gasteiger partial charge >= 0.3 is 0 Å². The zero-order valence-electron chi connectivity index (χ0n) is 21.2. The second-order valence-electron chi connectivity index (χ2n) is 8.64. The van der Waals surface area contributed by atoms with E-state index in [-0.39, 0.29) is 52.1 Å². The number of ether oxygens (including phenoxy) is 2. The van der Waals surface area contributed by atoms with Crippen LogP contribution < -0.4 is 30.3 Å². The summed E-state index contributed by atoms with van der Waals surface area (Å²) in [4.78, 5) is 22.2. The van der Waals surface area contributed by atoms with Crippen molar-refractivity contribution in [3.63, 3.8) is 0 Å². The molecule has 1 atom stereocenters. The first-order valence-electron chi connectivity index (χ1n) is 11.7. The van der Waals surface area contributed by atoms with Crippen LogP contribution in [0.2, 0.25) is 5.02 Å². The average molecular weight is 545 g/mol. The van der Waals surface area contributed by atoms with E-state index in [1.165, 1.54) is 38.7 Å². The monoisotopic (exact) mass is 544 g/mol. The summed E-state index contributed by atoms with van der Waals surface area (Å²) in [7, 11) is 2.75. The number of nitrogens with one attached hydrogen (secondary N) is 3. The van der Waals surface area contributed by atoms with Gasteiger partial charge in [0.2, 0.25) is 5.95 Å². The van der Waals surface area contributed by atoms with Gasteiger partial charge < -0.3 is 30.3 Å². The summed E-state index contributed by atoms with van der Waals surface area (Å²) in [5, 5.41) is 8.60. The lowest BCUT2D eigenvalue weighted by molar-refractivity contribution is 0.0958. The largest absolute Gasteiger partial charge is 0.495 e. The van der Waals surface area contributed by atoms with Gasteiger partial charge in [0.25, 0.3) is 5.91 Å². The van der Waals surface area contributed by atoms with E-state index in [2.05, 4.69) is 25.9 Å². The number of carbonyl (C=O) groups excluding carboxylic acids is 1. The fraction of sp³-hybridized carbons (Fsp3) is 0.269. The number of amides is 1. The summed E-state index contributed by atoms with van der Waals surface area (Å²) < 4.78 is 40.6. The van der Waals surface area contributed by atoms with Gasteiger partial charge in [-0.15, -0.1) is 0 Å². The zero-order valence-corrected chi connectivity index (χ0v) is 22.0. The van der Waals surface area contributed by atoms with Gasteiger partial charge in [0.1, 0.15) is 24.0 Å². The number of nitrogens with zero attached hydrogens (tertiary/aromatic N) is 3. The molecule has 0 bridgehead atoms. The van der Waals surface area contributed by atoms with Crippen molar-refractivity contribution >= 4 is 34.8 Å². The standard InChI is InChI=1S/C26H27ClF2N6O3/c1-14-11-35(12-15(2)33-14)21-6-5-16(7-20(21)28)34-26-31-9-17(10-32-26)38-13-19-23(27)22(37-4)8-18(24(19)29)25(36)30-3/h5-11,15,33H,12-13H2,1-4H3,(H,30,36)(H,31,32,34)/t15-/m0/s1. The Balaban J connectivity index is 1.44. The summed E-state index contributed by atoms with van der Waals surface area (Å²) in [5.41, 5.74) is 1.63. The van der Waals surface area contributed by atoms with E-state index in [1.807, 2.05) is 24.9 Å². The second-order valence-corrected chi connectivity index (χ2v) is 9.02. The third-order valence-electron chi connectivity index (χ3n) is 5.77. The van der Waals surface area contributed by atoms with Crippen molar-refractivity contribution in [1.29, 1.82) is 0 Å². The predicted octanol–water partition coefficient (Wildman–Crippen LogP) is 4.76. The number of halogens is 3. The van der Waals surface area contributed by atoms with Gasteiger partial charge in [0, 0.05) is 42.8 Å². The maximum Gasteiger partial charge on any atom is 0.254 e. The topological polar surface area (TPSA) is 101 Å². The summed E-state index contributed by atoms with van der Waals surface area (Å²) in [5.74, 6) is -1.26. The fourth-order valence-corrected chi connectivity index (χ4v) is 4.29. The Hall–Kier alpha value is -4.12. The number of hydrogen-bond acceptors (Lipinski definition) is 8. The molecule has 3 N–H and O–H groups in total. The Morgan fingerprint density at radius 1 is 1.26 bits per heavy atom. The third kappa shape index (κ3) is 5.88. The molecule has 1 aliphatic rings. The number of benzene rings is 2. The van der Waals surface area contributed by atoms with Crippen molar-refractivity contribution in [3.8, 4) is 11.5 Å². The molecule has 2 heterocycles. The Kier molecular flexibility index (Phi) is 8.16. The van der Waals surface area contributed by atoms with Crippen LogP contribution in [0.5, 0.6) is 11.5 Å². The Morgan fingerprint density at radius 2 is 2.00 bits per heavy atom. The molecule has 0 saturated carbocycles. The lowest BCUT2D eigenvalue weighted by Gasteiger charge is -2.31. The van der Waals surface area contributed by atoms with Crippen LogP contribution in [0, 0.1) is 11.6 Å². The van der Waals surface area contributed by atoms with E-state index in [9.17, 15) is 13.6 Å². The maximum atomic E-state index is 15.0. The minimum atomic E-state index is -0.819. The van der Waals surface area contributed by atoms with E-state index >= 15 is 0 Å². The highest BCUT2D eigenvalue weighted by atomic mass is 35.5. The quantitative estimate of drug-likeness (QED) is 0.373. The number of anilines is 3. The highest BCUT2D eigenvalue weighted by Gasteiger charge is 2.22. The molecule has 12 heteroatoms. The van der Waals surface area contributed by atoms with Gasteiger partial charge in [-0.2, -0.15) is 0 Å². The van der Waals surface area contributed by atoms with Crippen molar-refractivity contribution in [1.82, 2.24) is 20.6 Å². The molecule has 200 valence electrons. The van der Waals surface area contributed by atoms with Crippen LogP contribution in [0.15, 0.2) is 48.6 Å². The van der Waals surface area contributed by atoms with Gasteiger partial charge in [0.05, 0.1) is 35.8 Å². The van der Waals surface area contributed by atoms with Gasteiger partial charge in [-0.1, -0.05) is 11.6 Å². The lowest BCUT2D eigenvalue weighted by atomic mass is 10.1. The lowest BCUT2D eigenvalue weighted by Crippen LogP contribution is -2.41. The maximum absolute atomic E-state index is 15.0. The number of allylic oxidation sites excluding steroid dienone is 1. The van der Waals surface area contributed by atoms with Gasteiger partial charge in [-0.3, -0.25) is 4.79 Å². The summed E-state index contributed by atoms with van der Waals surface area (Å²) in [6.07, 6.45) is 4.63. The van der Waals surface area contributed by atoms with Crippen LogP contribution in [0.3, 0.4) is 0 Å². The predicted molar refractivity (Wildman–Crippen MR) is 141 cm³/mol. The van der Waals surface area contributed by atoms with Gasteiger partial charge in [-0.05, 0) is 38.1 Å². The van der Waals surface area contributed by atoms with E-state index in [4.69, 9.17) is 21.1 Å². The molecule has 38 heavy (non-hydrogen) atoms. The van der Waals surface area contributed by atoms with Gasteiger partial charge in [0.15, 0.2) is 5.75 Å². The molecule has 1 amide bonds. The first-order chi connectivity index (χ1) is 18.2. The Bertz CT molecular complexity index is 1370. The normalized spacial score (nSPS) is 14.9. The fourth-order valence-electron chi connectivity index (χ4n) is 4.02. The molecule has 1 aromatic heterocycles. The molecule has 0 aliphatic carbocycles. The third-order valence-corrected chi connectivity index (χ3v) is 6.18. The SMILES string of the molecule is CNC(=O)c1cc(OC)c(Cl)c(COc2cnc(Nc3ccc(N4C=C(C)N[C@@H](C)C4)c(F)c3)nc2)c1F. The molecule has 2 aromatic carbocycles. The van der Waals surface area contributed by atoms with Crippen molar-refractivity contribution in [2.45, 2.75) is 26.5 Å². The van der Waals surface area contributed by atoms with Crippen LogP contribution in [0.25, 0.3) is 0 Å². The molecule has 1 aliphatic heterocycles. The minimum absolute atomic E-state index is 0.0109. The van der Waals surface area contributed by atoms with Gasteiger partial charge in [-0.25, -0.2) is 18.7 Å². The highest BCUT2D eigenvalue weighted by Crippen LogP contribution is 2.33. The molecule has 0 saturated heterocycles. The van der Waals surface area contributed by atoms with E-state index in [1.54, 1.807) is 12.1 Å². The molecular formula is C26H27ClF2N6O3. The summed E-state index contributed by atoms with van der Waals surface area (Å²) in [6.45, 7) is 4.31. The Morgan fingerprint density at radius 3 is 2.63 bits per heavy atom. The van der Waals surface area contributed by atoms with Crippen molar-refractivity contribution in [2.75, 3.05) is 30.9 Å². The molecule has 4 rings (SSSR count). The van der Waals surface area contributed by atoms with Crippen LogP contribution >= 0.6 is 11.6 Å². The molecule has 0 radical (unpaired) electrons. The average Bonchev–Trinajstić information content (AvgIpc) is 2.88. The number of methoxy groups -OCH3 is 1. The second kappa shape index (κ2) is 11.5. The van der Waals surface area contributed by atoms with Crippen molar-refractivity contribution in [3.05, 3.63) is 76.3 Å². The highest BCUT2D eigenvalue weighted by molar-refractivity contribution is 6.33. The van der Waals surface area contributed by atoms with E-state index in [0.29, 0.717) is 17.9 Å². The molecule has 0 unspecified atom stereocenters. The molecular weight excluding hydrogens is 518 g/mol. The van der Waals surface area contributed by atoms with Crippen LogP contribution in [0.4, 0.5) is 26.1 Å². The van der Waals surface area contributed by atoms with Crippen LogP contribution in [-0.2, 0) is 6.61 Å².